The number of anilines is 3. The van der Waals surface area contributed by atoms with Crippen LogP contribution in [0.5, 0.6) is 11.5 Å². The van der Waals surface area contributed by atoms with Gasteiger partial charge >= 0.3 is 0 Å². The zero-order chi connectivity index (χ0) is 20.2. The number of nitrogens with one attached hydrogen (secondary N) is 1. The molecule has 4 rings (SSSR count). The van der Waals surface area contributed by atoms with Crippen molar-refractivity contribution in [2.75, 3.05) is 11.1 Å². The molecule has 0 unspecified atom stereocenters. The number of aryl methyl sites for hydroxylation is 1. The van der Waals surface area contributed by atoms with Crippen molar-refractivity contribution >= 4 is 17.5 Å². The summed E-state index contributed by atoms with van der Waals surface area (Å²) >= 11 is 0. The first-order valence-corrected chi connectivity index (χ1v) is 8.94. The molecule has 3 N–H and O–H groups in total. The molecule has 0 atom stereocenters. The van der Waals surface area contributed by atoms with Crippen molar-refractivity contribution in [3.8, 4) is 22.8 Å². The van der Waals surface area contributed by atoms with Crippen LogP contribution < -0.4 is 15.8 Å². The molecular formula is C22H18FN5O. The number of hydrogen-bond donors (Lipinski definition) is 2. The number of nitrogens with zero attached hydrogens (tertiary/aromatic N) is 3. The van der Waals surface area contributed by atoms with Gasteiger partial charge in [0, 0.05) is 41.3 Å². The van der Waals surface area contributed by atoms with Gasteiger partial charge in [-0.2, -0.15) is 4.98 Å². The van der Waals surface area contributed by atoms with Crippen molar-refractivity contribution in [1.82, 2.24) is 15.0 Å². The Morgan fingerprint density at radius 1 is 0.966 bits per heavy atom. The molecule has 144 valence electrons. The van der Waals surface area contributed by atoms with Crippen LogP contribution in [0, 0.1) is 12.7 Å². The van der Waals surface area contributed by atoms with Crippen LogP contribution in [-0.4, -0.2) is 15.0 Å². The van der Waals surface area contributed by atoms with Gasteiger partial charge in [-0.15, -0.1) is 0 Å². The third-order valence-corrected chi connectivity index (χ3v) is 4.11. The van der Waals surface area contributed by atoms with Gasteiger partial charge in [-0.1, -0.05) is 30.3 Å². The lowest BCUT2D eigenvalue weighted by molar-refractivity contribution is 0.441. The highest BCUT2D eigenvalue weighted by Gasteiger charge is 2.09. The van der Waals surface area contributed by atoms with E-state index >= 15 is 0 Å². The monoisotopic (exact) mass is 387 g/mol. The van der Waals surface area contributed by atoms with Gasteiger partial charge in [0.05, 0.1) is 5.69 Å². The van der Waals surface area contributed by atoms with E-state index in [0.717, 1.165) is 11.3 Å². The molecule has 0 spiro atoms. The van der Waals surface area contributed by atoms with E-state index in [4.69, 9.17) is 10.5 Å². The van der Waals surface area contributed by atoms with Crippen LogP contribution in [0.3, 0.4) is 0 Å². The predicted molar refractivity (Wildman–Crippen MR) is 111 cm³/mol. The summed E-state index contributed by atoms with van der Waals surface area (Å²) in [5, 5.41) is 3.06. The second-order valence-electron chi connectivity index (χ2n) is 6.37. The molecule has 0 aliphatic carbocycles. The molecule has 0 aliphatic rings. The summed E-state index contributed by atoms with van der Waals surface area (Å²) in [5.74, 6) is 0.729. The van der Waals surface area contributed by atoms with Gasteiger partial charge in [0.25, 0.3) is 0 Å². The van der Waals surface area contributed by atoms with E-state index < -0.39 is 5.82 Å². The normalized spacial score (nSPS) is 10.6. The standard InChI is InChI=1S/C22H18FN5O/c1-14-11-17(9-10-25-14)29-20-8-7-16(12-18(20)23)26-21-13-19(27-22(24)28-21)15-5-3-2-4-6-15/h2-13H,1H3,(H3,24,26,27,28). The first-order chi connectivity index (χ1) is 14.1. The molecule has 0 saturated heterocycles. The first-order valence-electron chi connectivity index (χ1n) is 8.94. The number of pyridine rings is 1. The Bertz CT molecular complexity index is 1150. The van der Waals surface area contributed by atoms with Gasteiger partial charge in [0.2, 0.25) is 5.95 Å². The van der Waals surface area contributed by atoms with Crippen molar-refractivity contribution in [3.05, 3.63) is 84.4 Å². The molecule has 29 heavy (non-hydrogen) atoms. The number of aromatic nitrogens is 3. The number of benzene rings is 2. The number of nitrogen functional groups attached to an aromatic ring is 1. The second-order valence-corrected chi connectivity index (χ2v) is 6.37. The minimum absolute atomic E-state index is 0.119. The highest BCUT2D eigenvalue weighted by molar-refractivity contribution is 5.67. The smallest absolute Gasteiger partial charge is 0.222 e. The summed E-state index contributed by atoms with van der Waals surface area (Å²) in [6.45, 7) is 1.84. The largest absolute Gasteiger partial charge is 0.454 e. The van der Waals surface area contributed by atoms with E-state index in [1.165, 1.54) is 6.07 Å². The summed E-state index contributed by atoms with van der Waals surface area (Å²) in [4.78, 5) is 12.5. The van der Waals surface area contributed by atoms with Crippen molar-refractivity contribution < 1.29 is 9.13 Å². The predicted octanol–water partition coefficient (Wildman–Crippen LogP) is 5.10. The van der Waals surface area contributed by atoms with Gasteiger partial charge < -0.3 is 15.8 Å². The van der Waals surface area contributed by atoms with Gasteiger partial charge in [0.15, 0.2) is 11.6 Å². The van der Waals surface area contributed by atoms with Gasteiger partial charge in [-0.05, 0) is 25.1 Å². The summed E-state index contributed by atoms with van der Waals surface area (Å²) in [7, 11) is 0. The molecule has 6 nitrogen and oxygen atoms in total. The molecule has 0 amide bonds. The van der Waals surface area contributed by atoms with Gasteiger partial charge in [-0.25, -0.2) is 9.37 Å². The molecule has 4 aromatic rings. The molecular weight excluding hydrogens is 369 g/mol. The van der Waals surface area contributed by atoms with Crippen LogP contribution in [0.15, 0.2) is 72.9 Å². The SMILES string of the molecule is Cc1cc(Oc2ccc(Nc3cc(-c4ccccc4)nc(N)n3)cc2F)ccn1. The minimum Gasteiger partial charge on any atom is -0.454 e. The lowest BCUT2D eigenvalue weighted by Gasteiger charge is -2.11. The van der Waals surface area contributed by atoms with E-state index in [1.807, 2.05) is 37.3 Å². The Hall–Kier alpha value is -4.00. The van der Waals surface area contributed by atoms with Crippen molar-refractivity contribution in [1.29, 1.82) is 0 Å². The first kappa shape index (κ1) is 18.4. The number of rotatable bonds is 5. The van der Waals surface area contributed by atoms with Crippen LogP contribution in [0.2, 0.25) is 0 Å². The summed E-state index contributed by atoms with van der Waals surface area (Å²) in [5.41, 5.74) is 8.73. The number of hydrogen-bond acceptors (Lipinski definition) is 6. The Balaban J connectivity index is 1.56. The molecule has 2 aromatic heterocycles. The van der Waals surface area contributed by atoms with E-state index in [0.29, 0.717) is 22.9 Å². The molecule has 2 heterocycles. The fraction of sp³-hybridized carbons (Fsp3) is 0.0455. The third-order valence-electron chi connectivity index (χ3n) is 4.11. The molecule has 0 saturated carbocycles. The van der Waals surface area contributed by atoms with E-state index in [9.17, 15) is 4.39 Å². The maximum absolute atomic E-state index is 14.5. The van der Waals surface area contributed by atoms with E-state index in [1.54, 1.807) is 36.5 Å². The Morgan fingerprint density at radius 3 is 2.55 bits per heavy atom. The molecule has 0 bridgehead atoms. The average Bonchev–Trinajstić information content (AvgIpc) is 2.70. The molecule has 0 aliphatic heterocycles. The number of ether oxygens (including phenoxy) is 1. The molecule has 0 fully saturated rings. The third kappa shape index (κ3) is 4.47. The maximum Gasteiger partial charge on any atom is 0.222 e. The van der Waals surface area contributed by atoms with Crippen molar-refractivity contribution in [2.24, 2.45) is 0 Å². The fourth-order valence-corrected chi connectivity index (χ4v) is 2.81. The van der Waals surface area contributed by atoms with Crippen LogP contribution in [0.4, 0.5) is 21.8 Å². The minimum atomic E-state index is -0.505. The zero-order valence-corrected chi connectivity index (χ0v) is 15.6. The average molecular weight is 387 g/mol. The van der Waals surface area contributed by atoms with Crippen LogP contribution >= 0.6 is 0 Å². The second kappa shape index (κ2) is 7.93. The summed E-state index contributed by atoms with van der Waals surface area (Å²) in [6.07, 6.45) is 1.61. The molecule has 0 radical (unpaired) electrons. The highest BCUT2D eigenvalue weighted by atomic mass is 19.1. The van der Waals surface area contributed by atoms with Crippen molar-refractivity contribution in [3.63, 3.8) is 0 Å². The Morgan fingerprint density at radius 2 is 1.79 bits per heavy atom. The van der Waals surface area contributed by atoms with Gasteiger partial charge in [0.1, 0.15) is 11.6 Å². The zero-order valence-electron chi connectivity index (χ0n) is 15.6. The summed E-state index contributed by atoms with van der Waals surface area (Å²) in [6, 6.07) is 19.4. The van der Waals surface area contributed by atoms with Crippen LogP contribution in [0.25, 0.3) is 11.3 Å². The Kier molecular flexibility index (Phi) is 5.03. The van der Waals surface area contributed by atoms with Gasteiger partial charge in [-0.3, -0.25) is 4.98 Å². The Labute approximate surface area is 167 Å². The van der Waals surface area contributed by atoms with Crippen LogP contribution in [-0.2, 0) is 0 Å². The molecule has 7 heteroatoms. The topological polar surface area (TPSA) is 86.0 Å². The lowest BCUT2D eigenvalue weighted by atomic mass is 10.1. The maximum atomic E-state index is 14.5. The number of halogens is 1. The summed E-state index contributed by atoms with van der Waals surface area (Å²) < 4.78 is 20.1. The number of nitrogens with two attached hydrogens (primary N) is 1. The van der Waals surface area contributed by atoms with Crippen molar-refractivity contribution in [2.45, 2.75) is 6.92 Å². The quantitative estimate of drug-likeness (QED) is 0.495. The van der Waals surface area contributed by atoms with Crippen LogP contribution in [0.1, 0.15) is 5.69 Å². The van der Waals surface area contributed by atoms with E-state index in [-0.39, 0.29) is 11.7 Å². The highest BCUT2D eigenvalue weighted by Crippen LogP contribution is 2.28. The fourth-order valence-electron chi connectivity index (χ4n) is 2.81. The molecule has 2 aromatic carbocycles. The lowest BCUT2D eigenvalue weighted by Crippen LogP contribution is -2.02. The van der Waals surface area contributed by atoms with E-state index in [2.05, 4.69) is 20.3 Å².